The monoisotopic (exact) mass is 305 g/mol. The number of carboxylic acids is 1. The van der Waals surface area contributed by atoms with Crippen LogP contribution in [-0.4, -0.2) is 29.5 Å². The van der Waals surface area contributed by atoms with Gasteiger partial charge in [-0.1, -0.05) is 12.1 Å². The van der Waals surface area contributed by atoms with Crippen molar-refractivity contribution in [3.8, 4) is 0 Å². The van der Waals surface area contributed by atoms with Crippen LogP contribution in [0.3, 0.4) is 0 Å². The number of aliphatic carboxylic acids is 1. The van der Waals surface area contributed by atoms with E-state index in [0.29, 0.717) is 5.56 Å². The molecule has 0 spiro atoms. The van der Waals surface area contributed by atoms with Crippen LogP contribution in [0.15, 0.2) is 53.8 Å². The summed E-state index contributed by atoms with van der Waals surface area (Å²) in [7, 11) is -3.75. The maximum absolute atomic E-state index is 12.1. The molecule has 1 heterocycles. The molecule has 0 fully saturated rings. The Hall–Kier alpha value is -2.74. The van der Waals surface area contributed by atoms with Gasteiger partial charge in [-0.3, -0.25) is 9.71 Å². The smallest absolute Gasteiger partial charge is 0.328 e. The molecular formula is C13H11N3O4S. The number of anilines is 1. The van der Waals surface area contributed by atoms with Crippen LogP contribution in [-0.2, 0) is 14.8 Å². The summed E-state index contributed by atoms with van der Waals surface area (Å²) >= 11 is 0. The van der Waals surface area contributed by atoms with Crippen LogP contribution in [0.5, 0.6) is 0 Å². The van der Waals surface area contributed by atoms with Gasteiger partial charge in [-0.25, -0.2) is 18.2 Å². The summed E-state index contributed by atoms with van der Waals surface area (Å²) in [6, 6.07) is 5.76. The van der Waals surface area contributed by atoms with Crippen LogP contribution in [0, 0.1) is 0 Å². The second-order valence-electron chi connectivity index (χ2n) is 3.94. The molecule has 0 amide bonds. The first-order chi connectivity index (χ1) is 9.97. The van der Waals surface area contributed by atoms with Crippen molar-refractivity contribution in [2.45, 2.75) is 4.90 Å². The van der Waals surface area contributed by atoms with Crippen molar-refractivity contribution in [1.82, 2.24) is 9.97 Å². The Morgan fingerprint density at radius 3 is 2.48 bits per heavy atom. The zero-order chi connectivity index (χ0) is 15.3. The summed E-state index contributed by atoms with van der Waals surface area (Å²) in [5.41, 5.74) is 0.579. The molecule has 0 unspecified atom stereocenters. The van der Waals surface area contributed by atoms with Crippen molar-refractivity contribution < 1.29 is 18.3 Å². The van der Waals surface area contributed by atoms with Crippen LogP contribution in [0.4, 0.5) is 5.82 Å². The maximum Gasteiger partial charge on any atom is 0.328 e. The summed E-state index contributed by atoms with van der Waals surface area (Å²) in [5.74, 6) is -0.955. The highest BCUT2D eigenvalue weighted by atomic mass is 32.2. The number of hydrogen-bond acceptors (Lipinski definition) is 5. The van der Waals surface area contributed by atoms with Gasteiger partial charge in [0.1, 0.15) is 0 Å². The predicted octanol–water partition coefficient (Wildman–Crippen LogP) is 1.38. The summed E-state index contributed by atoms with van der Waals surface area (Å²) < 4.78 is 26.5. The molecule has 0 atom stereocenters. The van der Waals surface area contributed by atoms with E-state index < -0.39 is 16.0 Å². The molecule has 8 heteroatoms. The molecule has 1 aromatic heterocycles. The third kappa shape index (κ3) is 4.11. The molecule has 0 saturated heterocycles. The highest BCUT2D eigenvalue weighted by molar-refractivity contribution is 7.92. The van der Waals surface area contributed by atoms with Gasteiger partial charge >= 0.3 is 5.97 Å². The number of rotatable bonds is 5. The van der Waals surface area contributed by atoms with E-state index in [1.807, 2.05) is 0 Å². The Morgan fingerprint density at radius 1 is 1.19 bits per heavy atom. The van der Waals surface area contributed by atoms with E-state index in [4.69, 9.17) is 5.11 Å². The van der Waals surface area contributed by atoms with Crippen molar-refractivity contribution in [2.24, 2.45) is 0 Å². The Balaban J connectivity index is 2.19. The largest absolute Gasteiger partial charge is 0.478 e. The molecule has 2 N–H and O–H groups in total. The minimum absolute atomic E-state index is 0.0422. The van der Waals surface area contributed by atoms with E-state index >= 15 is 0 Å². The third-order valence-corrected chi connectivity index (χ3v) is 3.78. The SMILES string of the molecule is O=C(O)/C=C/c1ccc(S(=O)(=O)Nc2cnccn2)cc1. The van der Waals surface area contributed by atoms with E-state index in [1.54, 1.807) is 0 Å². The molecule has 0 aliphatic heterocycles. The van der Waals surface area contributed by atoms with Gasteiger partial charge < -0.3 is 5.11 Å². The summed E-state index contributed by atoms with van der Waals surface area (Å²) in [5, 5.41) is 8.52. The number of carbonyl (C=O) groups is 1. The number of sulfonamides is 1. The molecule has 7 nitrogen and oxygen atoms in total. The van der Waals surface area contributed by atoms with Crippen molar-refractivity contribution >= 4 is 27.9 Å². The molecule has 2 aromatic rings. The molecule has 1 aromatic carbocycles. The number of hydrogen-bond donors (Lipinski definition) is 2. The Kier molecular flexibility index (Phi) is 4.29. The van der Waals surface area contributed by atoms with Gasteiger partial charge in [0.05, 0.1) is 11.1 Å². The zero-order valence-corrected chi connectivity index (χ0v) is 11.5. The molecule has 0 radical (unpaired) electrons. The Bertz CT molecular complexity index is 756. The van der Waals surface area contributed by atoms with E-state index in [0.717, 1.165) is 6.08 Å². The highest BCUT2D eigenvalue weighted by Gasteiger charge is 2.14. The molecule has 0 saturated carbocycles. The standard InChI is InChI=1S/C13H11N3O4S/c17-13(18)6-3-10-1-4-11(5-2-10)21(19,20)16-12-9-14-7-8-15-12/h1-9H,(H,15,16)(H,17,18)/b6-3+. The van der Waals surface area contributed by atoms with Gasteiger partial charge in [-0.2, -0.15) is 0 Å². The fourth-order valence-corrected chi connectivity index (χ4v) is 2.47. The van der Waals surface area contributed by atoms with Crippen LogP contribution in [0.25, 0.3) is 6.08 Å². The van der Waals surface area contributed by atoms with Gasteiger partial charge in [0.2, 0.25) is 0 Å². The average molecular weight is 305 g/mol. The van der Waals surface area contributed by atoms with E-state index in [1.165, 1.54) is 48.9 Å². The number of benzene rings is 1. The quantitative estimate of drug-likeness (QED) is 0.808. The second-order valence-corrected chi connectivity index (χ2v) is 5.62. The molecule has 21 heavy (non-hydrogen) atoms. The van der Waals surface area contributed by atoms with E-state index in [-0.39, 0.29) is 10.7 Å². The Morgan fingerprint density at radius 2 is 1.90 bits per heavy atom. The maximum atomic E-state index is 12.1. The average Bonchev–Trinajstić information content (AvgIpc) is 2.46. The first-order valence-corrected chi connectivity index (χ1v) is 7.25. The van der Waals surface area contributed by atoms with Crippen LogP contribution in [0.2, 0.25) is 0 Å². The lowest BCUT2D eigenvalue weighted by Crippen LogP contribution is -2.13. The highest BCUT2D eigenvalue weighted by Crippen LogP contribution is 2.15. The summed E-state index contributed by atoms with van der Waals surface area (Å²) in [6.07, 6.45) is 6.44. The lowest BCUT2D eigenvalue weighted by molar-refractivity contribution is -0.131. The van der Waals surface area contributed by atoms with E-state index in [2.05, 4.69) is 14.7 Å². The first kappa shape index (κ1) is 14.7. The Labute approximate surface area is 121 Å². The fraction of sp³-hybridized carbons (Fsp3) is 0. The second kappa shape index (κ2) is 6.14. The minimum atomic E-state index is -3.75. The van der Waals surface area contributed by atoms with Gasteiger partial charge in [-0.05, 0) is 23.8 Å². The van der Waals surface area contributed by atoms with Crippen molar-refractivity contribution in [3.63, 3.8) is 0 Å². The lowest BCUT2D eigenvalue weighted by Gasteiger charge is -2.06. The van der Waals surface area contributed by atoms with Crippen LogP contribution in [0.1, 0.15) is 5.56 Å². The lowest BCUT2D eigenvalue weighted by atomic mass is 10.2. The topological polar surface area (TPSA) is 109 Å². The number of carboxylic acid groups (broad SMARTS) is 1. The number of nitrogens with one attached hydrogen (secondary N) is 1. The third-order valence-electron chi connectivity index (χ3n) is 2.41. The molecule has 0 aliphatic carbocycles. The number of nitrogens with zero attached hydrogens (tertiary/aromatic N) is 2. The van der Waals surface area contributed by atoms with Gasteiger partial charge in [-0.15, -0.1) is 0 Å². The molecule has 2 rings (SSSR count). The van der Waals surface area contributed by atoms with Crippen LogP contribution >= 0.6 is 0 Å². The van der Waals surface area contributed by atoms with Gasteiger partial charge in [0.25, 0.3) is 10.0 Å². The predicted molar refractivity (Wildman–Crippen MR) is 76.0 cm³/mol. The summed E-state index contributed by atoms with van der Waals surface area (Å²) in [6.45, 7) is 0. The number of aromatic nitrogens is 2. The fourth-order valence-electron chi connectivity index (χ4n) is 1.47. The molecule has 0 aliphatic rings. The zero-order valence-electron chi connectivity index (χ0n) is 10.7. The molecular weight excluding hydrogens is 294 g/mol. The van der Waals surface area contributed by atoms with Gasteiger partial charge in [0, 0.05) is 18.5 Å². The van der Waals surface area contributed by atoms with Crippen molar-refractivity contribution in [2.75, 3.05) is 4.72 Å². The molecule has 0 bridgehead atoms. The van der Waals surface area contributed by atoms with Crippen molar-refractivity contribution in [1.29, 1.82) is 0 Å². The van der Waals surface area contributed by atoms with Crippen molar-refractivity contribution in [3.05, 3.63) is 54.5 Å². The van der Waals surface area contributed by atoms with Crippen LogP contribution < -0.4 is 4.72 Å². The summed E-state index contributed by atoms with van der Waals surface area (Å²) in [4.78, 5) is 18.0. The molecule has 108 valence electrons. The normalized spacial score (nSPS) is 11.4. The minimum Gasteiger partial charge on any atom is -0.478 e. The van der Waals surface area contributed by atoms with E-state index in [9.17, 15) is 13.2 Å². The van der Waals surface area contributed by atoms with Gasteiger partial charge in [0.15, 0.2) is 5.82 Å². The first-order valence-electron chi connectivity index (χ1n) is 5.77.